The van der Waals surface area contributed by atoms with Gasteiger partial charge in [-0.1, -0.05) is 12.0 Å². The van der Waals surface area contributed by atoms with Gasteiger partial charge in [-0.2, -0.15) is 0 Å². The molecule has 0 spiro atoms. The quantitative estimate of drug-likeness (QED) is 0.835. The van der Waals surface area contributed by atoms with Gasteiger partial charge >= 0.3 is 6.01 Å². The fourth-order valence-electron chi connectivity index (χ4n) is 2.76. The summed E-state index contributed by atoms with van der Waals surface area (Å²) in [5.41, 5.74) is 1.22. The Balaban J connectivity index is 1.67. The Bertz CT molecular complexity index is 583. The summed E-state index contributed by atoms with van der Waals surface area (Å²) in [6.07, 6.45) is 5.46. The second kappa shape index (κ2) is 8.03. The molecule has 0 bridgehead atoms. The van der Waals surface area contributed by atoms with Crippen molar-refractivity contribution in [1.82, 2.24) is 20.1 Å². The molecular weight excluding hydrogens is 294 g/mol. The summed E-state index contributed by atoms with van der Waals surface area (Å²) in [6.45, 7) is 6.16. The fourth-order valence-corrected chi connectivity index (χ4v) is 2.76. The van der Waals surface area contributed by atoms with Crippen LogP contribution in [0.3, 0.4) is 0 Å². The summed E-state index contributed by atoms with van der Waals surface area (Å²) in [4.78, 5) is 6.52. The molecule has 1 fully saturated rings. The van der Waals surface area contributed by atoms with E-state index >= 15 is 0 Å². The van der Waals surface area contributed by atoms with Gasteiger partial charge in [0.1, 0.15) is 0 Å². The molecule has 0 aliphatic carbocycles. The Morgan fingerprint density at radius 1 is 1.22 bits per heavy atom. The van der Waals surface area contributed by atoms with E-state index in [4.69, 9.17) is 9.15 Å². The average molecular weight is 317 g/mol. The van der Waals surface area contributed by atoms with E-state index in [0.717, 1.165) is 39.1 Å². The first-order chi connectivity index (χ1) is 11.4. The van der Waals surface area contributed by atoms with E-state index < -0.39 is 0 Å². The Hall–Kier alpha value is -1.99. The van der Waals surface area contributed by atoms with Crippen molar-refractivity contribution >= 4 is 6.01 Å². The zero-order chi connectivity index (χ0) is 15.9. The Kier molecular flexibility index (Phi) is 5.55. The van der Waals surface area contributed by atoms with Crippen LogP contribution < -0.4 is 5.32 Å². The zero-order valence-corrected chi connectivity index (χ0v) is 13.4. The Morgan fingerprint density at radius 2 is 2.00 bits per heavy atom. The van der Waals surface area contributed by atoms with Gasteiger partial charge in [0.15, 0.2) is 0 Å². The molecule has 0 saturated carbocycles. The molecule has 124 valence electrons. The molecule has 1 saturated heterocycles. The minimum Gasteiger partial charge on any atom is -0.408 e. The maximum absolute atomic E-state index is 5.61. The number of nitrogens with one attached hydrogen (secondary N) is 1. The van der Waals surface area contributed by atoms with Gasteiger partial charge in [-0.25, -0.2) is 0 Å². The smallest absolute Gasteiger partial charge is 0.315 e. The normalized spacial score (nSPS) is 17.1. The molecule has 2 aromatic heterocycles. The molecule has 0 amide bonds. The molecule has 3 rings (SSSR count). The molecule has 1 aliphatic rings. The highest BCUT2D eigenvalue weighted by atomic mass is 16.5. The molecule has 3 heterocycles. The fraction of sp³-hybridized carbons (Fsp3) is 0.562. The van der Waals surface area contributed by atoms with Crippen molar-refractivity contribution in [3.05, 3.63) is 36.0 Å². The van der Waals surface area contributed by atoms with Crippen LogP contribution in [0.2, 0.25) is 0 Å². The largest absolute Gasteiger partial charge is 0.408 e. The summed E-state index contributed by atoms with van der Waals surface area (Å²) in [6, 6.07) is 4.82. The minimum absolute atomic E-state index is 0.225. The van der Waals surface area contributed by atoms with Crippen LogP contribution in [0.15, 0.2) is 28.9 Å². The monoisotopic (exact) mass is 317 g/mol. The lowest BCUT2D eigenvalue weighted by Gasteiger charge is -2.34. The van der Waals surface area contributed by atoms with Crippen molar-refractivity contribution in [3.8, 4) is 0 Å². The number of aryl methyl sites for hydroxylation is 1. The summed E-state index contributed by atoms with van der Waals surface area (Å²) < 4.78 is 11.1. The average Bonchev–Trinajstić information content (AvgIpc) is 3.05. The first-order valence-corrected chi connectivity index (χ1v) is 8.15. The highest BCUT2D eigenvalue weighted by Gasteiger charge is 2.23. The standard InChI is InChI=1S/C16H23N5O2/c1-2-3-15-19-20-16(23-15)18-12-14(13-4-6-17-7-5-13)21-8-10-22-11-9-21/h4-7,14H,2-3,8-12H2,1H3,(H,18,20)/t14-/m0/s1. The third-order valence-corrected chi connectivity index (χ3v) is 3.95. The van der Waals surface area contributed by atoms with Gasteiger partial charge < -0.3 is 14.5 Å². The Morgan fingerprint density at radius 3 is 2.74 bits per heavy atom. The topological polar surface area (TPSA) is 76.3 Å². The van der Waals surface area contributed by atoms with Crippen molar-refractivity contribution < 1.29 is 9.15 Å². The van der Waals surface area contributed by atoms with Crippen LogP contribution in [0.1, 0.15) is 30.8 Å². The van der Waals surface area contributed by atoms with Gasteiger partial charge in [-0.05, 0) is 24.1 Å². The molecule has 0 radical (unpaired) electrons. The van der Waals surface area contributed by atoms with E-state index in [1.165, 1.54) is 5.56 Å². The van der Waals surface area contributed by atoms with Crippen molar-refractivity contribution in [2.75, 3.05) is 38.2 Å². The molecule has 2 aromatic rings. The summed E-state index contributed by atoms with van der Waals surface area (Å²) >= 11 is 0. The van der Waals surface area contributed by atoms with Crippen molar-refractivity contribution in [1.29, 1.82) is 0 Å². The third kappa shape index (κ3) is 4.27. The second-order valence-electron chi connectivity index (χ2n) is 5.58. The van der Waals surface area contributed by atoms with E-state index in [1.807, 2.05) is 12.4 Å². The number of hydrogen-bond donors (Lipinski definition) is 1. The number of aromatic nitrogens is 3. The third-order valence-electron chi connectivity index (χ3n) is 3.95. The molecule has 1 N–H and O–H groups in total. The number of anilines is 1. The minimum atomic E-state index is 0.225. The summed E-state index contributed by atoms with van der Waals surface area (Å²) in [5.74, 6) is 0.682. The molecule has 23 heavy (non-hydrogen) atoms. The highest BCUT2D eigenvalue weighted by Crippen LogP contribution is 2.22. The number of pyridine rings is 1. The van der Waals surface area contributed by atoms with Crippen LogP contribution in [-0.4, -0.2) is 52.9 Å². The number of rotatable bonds is 7. The van der Waals surface area contributed by atoms with Gasteiger partial charge in [-0.3, -0.25) is 9.88 Å². The molecule has 7 heteroatoms. The summed E-state index contributed by atoms with van der Waals surface area (Å²) in [5, 5.41) is 11.4. The zero-order valence-electron chi connectivity index (χ0n) is 13.4. The second-order valence-corrected chi connectivity index (χ2v) is 5.58. The maximum atomic E-state index is 5.61. The highest BCUT2D eigenvalue weighted by molar-refractivity contribution is 5.22. The van der Waals surface area contributed by atoms with Crippen molar-refractivity contribution in [2.45, 2.75) is 25.8 Å². The predicted molar refractivity (Wildman–Crippen MR) is 86.2 cm³/mol. The lowest BCUT2D eigenvalue weighted by atomic mass is 10.1. The molecule has 7 nitrogen and oxygen atoms in total. The molecule has 1 aliphatic heterocycles. The van der Waals surface area contributed by atoms with Crippen molar-refractivity contribution in [2.24, 2.45) is 0 Å². The number of morpholine rings is 1. The van der Waals surface area contributed by atoms with E-state index in [9.17, 15) is 0 Å². The number of ether oxygens (including phenoxy) is 1. The lowest BCUT2D eigenvalue weighted by Crippen LogP contribution is -2.41. The molecule has 0 aromatic carbocycles. The van der Waals surface area contributed by atoms with Crippen LogP contribution in [0.4, 0.5) is 6.01 Å². The first-order valence-electron chi connectivity index (χ1n) is 8.15. The van der Waals surface area contributed by atoms with E-state index in [0.29, 0.717) is 18.5 Å². The maximum Gasteiger partial charge on any atom is 0.315 e. The van der Waals surface area contributed by atoms with Crippen molar-refractivity contribution in [3.63, 3.8) is 0 Å². The van der Waals surface area contributed by atoms with Gasteiger partial charge in [0.05, 0.1) is 19.3 Å². The van der Waals surface area contributed by atoms with Crippen LogP contribution in [0, 0.1) is 0 Å². The van der Waals surface area contributed by atoms with Gasteiger partial charge in [0, 0.05) is 38.4 Å². The Labute approximate surface area is 136 Å². The van der Waals surface area contributed by atoms with E-state index in [-0.39, 0.29) is 6.04 Å². The van der Waals surface area contributed by atoms with Crippen LogP contribution in [-0.2, 0) is 11.2 Å². The SMILES string of the molecule is CCCc1nnc(NC[C@@H](c2ccncc2)N2CCOCC2)o1. The molecular formula is C16H23N5O2. The van der Waals surface area contributed by atoms with E-state index in [2.05, 4.69) is 44.5 Å². The number of nitrogens with zero attached hydrogens (tertiary/aromatic N) is 4. The van der Waals surface area contributed by atoms with E-state index in [1.54, 1.807) is 0 Å². The summed E-state index contributed by atoms with van der Waals surface area (Å²) in [7, 11) is 0. The van der Waals surface area contributed by atoms with Gasteiger partial charge in [-0.15, -0.1) is 5.10 Å². The molecule has 1 atom stereocenters. The number of hydrogen-bond acceptors (Lipinski definition) is 7. The van der Waals surface area contributed by atoms with Gasteiger partial charge in [0.2, 0.25) is 5.89 Å². The molecule has 0 unspecified atom stereocenters. The van der Waals surface area contributed by atoms with Crippen LogP contribution in [0.25, 0.3) is 0 Å². The lowest BCUT2D eigenvalue weighted by molar-refractivity contribution is 0.0186. The van der Waals surface area contributed by atoms with Crippen LogP contribution in [0.5, 0.6) is 0 Å². The van der Waals surface area contributed by atoms with Crippen LogP contribution >= 0.6 is 0 Å². The first kappa shape index (κ1) is 15.9. The predicted octanol–water partition coefficient (Wildman–Crippen LogP) is 1.90. The van der Waals surface area contributed by atoms with Gasteiger partial charge in [0.25, 0.3) is 0 Å².